The molecule has 1 aliphatic carbocycles. The van der Waals surface area contributed by atoms with E-state index in [-0.39, 0.29) is 5.41 Å². The Hall–Kier alpha value is -1.59. The topological polar surface area (TPSA) is 48.9 Å². The molecular weight excluding hydrogens is 348 g/mol. The molecule has 0 amide bonds. The van der Waals surface area contributed by atoms with Gasteiger partial charge in [-0.2, -0.15) is 0 Å². The Morgan fingerprint density at radius 1 is 1.21 bits per heavy atom. The van der Waals surface area contributed by atoms with Crippen LogP contribution in [-0.4, -0.2) is 55.3 Å². The molecule has 3 aliphatic rings. The van der Waals surface area contributed by atoms with Crippen molar-refractivity contribution in [2.45, 2.75) is 70.8 Å². The Kier molecular flexibility index (Phi) is 5.66. The van der Waals surface area contributed by atoms with Crippen molar-refractivity contribution in [1.29, 1.82) is 0 Å². The highest BCUT2D eigenvalue weighted by molar-refractivity contribution is 5.80. The molecular formula is C23H36N4O. The van der Waals surface area contributed by atoms with E-state index in [4.69, 9.17) is 4.74 Å². The van der Waals surface area contributed by atoms with Crippen LogP contribution >= 0.6 is 0 Å². The van der Waals surface area contributed by atoms with E-state index >= 15 is 0 Å². The van der Waals surface area contributed by atoms with E-state index in [2.05, 4.69) is 71.6 Å². The lowest BCUT2D eigenvalue weighted by atomic mass is 9.57. The Morgan fingerprint density at radius 2 is 2.00 bits per heavy atom. The molecule has 1 aromatic carbocycles. The molecule has 4 rings (SSSR count). The zero-order valence-electron chi connectivity index (χ0n) is 17.8. The maximum atomic E-state index is 5.93. The third-order valence-electron chi connectivity index (χ3n) is 7.20. The Labute approximate surface area is 169 Å². The highest BCUT2D eigenvalue weighted by Crippen LogP contribution is 2.52. The van der Waals surface area contributed by atoms with Crippen LogP contribution in [0, 0.1) is 11.3 Å². The van der Waals surface area contributed by atoms with Crippen molar-refractivity contribution in [3.8, 4) is 0 Å². The van der Waals surface area contributed by atoms with Gasteiger partial charge >= 0.3 is 0 Å². The number of rotatable bonds is 4. The summed E-state index contributed by atoms with van der Waals surface area (Å²) in [7, 11) is 1.89. The zero-order chi connectivity index (χ0) is 19.7. The van der Waals surface area contributed by atoms with Crippen LogP contribution in [0.15, 0.2) is 35.3 Å². The fourth-order valence-electron chi connectivity index (χ4n) is 5.53. The van der Waals surface area contributed by atoms with E-state index in [1.165, 1.54) is 5.56 Å². The van der Waals surface area contributed by atoms with Gasteiger partial charge in [0.2, 0.25) is 0 Å². The number of guanidine groups is 1. The molecule has 3 fully saturated rings. The number of ether oxygens (including phenoxy) is 1. The first-order valence-corrected chi connectivity index (χ1v) is 10.9. The Bertz CT molecular complexity index is 689. The monoisotopic (exact) mass is 384 g/mol. The van der Waals surface area contributed by atoms with Crippen LogP contribution < -0.4 is 10.6 Å². The summed E-state index contributed by atoms with van der Waals surface area (Å²) in [6.07, 6.45) is 3.87. The van der Waals surface area contributed by atoms with Gasteiger partial charge < -0.3 is 15.4 Å². The summed E-state index contributed by atoms with van der Waals surface area (Å²) < 4.78 is 5.93. The van der Waals surface area contributed by atoms with E-state index in [0.29, 0.717) is 30.1 Å². The minimum Gasteiger partial charge on any atom is -0.377 e. The van der Waals surface area contributed by atoms with Crippen molar-refractivity contribution >= 4 is 5.96 Å². The molecule has 0 aromatic heterocycles. The zero-order valence-corrected chi connectivity index (χ0v) is 17.8. The second-order valence-electron chi connectivity index (χ2n) is 9.43. The summed E-state index contributed by atoms with van der Waals surface area (Å²) in [6, 6.07) is 12.3. The van der Waals surface area contributed by atoms with Crippen LogP contribution in [0.25, 0.3) is 0 Å². The first kappa shape index (κ1) is 19.7. The van der Waals surface area contributed by atoms with E-state index in [9.17, 15) is 0 Å². The summed E-state index contributed by atoms with van der Waals surface area (Å²) in [5.41, 5.74) is 1.57. The summed E-state index contributed by atoms with van der Waals surface area (Å²) in [4.78, 5) is 7.13. The fraction of sp³-hybridized carbons (Fsp3) is 0.696. The molecule has 5 atom stereocenters. The molecule has 2 aliphatic heterocycles. The first-order valence-electron chi connectivity index (χ1n) is 10.9. The lowest BCUT2D eigenvalue weighted by Crippen LogP contribution is -2.68. The van der Waals surface area contributed by atoms with Gasteiger partial charge in [0.1, 0.15) is 0 Å². The number of fused-ring (bicyclic) bond motifs is 1. The number of aliphatic imine (C=N–C) groups is 1. The lowest BCUT2D eigenvalue weighted by molar-refractivity contribution is -0.106. The van der Waals surface area contributed by atoms with Crippen LogP contribution in [0.2, 0.25) is 0 Å². The van der Waals surface area contributed by atoms with Crippen molar-refractivity contribution < 1.29 is 4.74 Å². The highest BCUT2D eigenvalue weighted by Gasteiger charge is 2.59. The number of hydrogen-bond donors (Lipinski definition) is 2. The summed E-state index contributed by atoms with van der Waals surface area (Å²) in [5, 5.41) is 7.43. The number of nitrogens with zero attached hydrogens (tertiary/aromatic N) is 2. The predicted octanol–water partition coefficient (Wildman–Crippen LogP) is 3.02. The van der Waals surface area contributed by atoms with E-state index in [0.717, 1.165) is 44.9 Å². The van der Waals surface area contributed by atoms with Crippen LogP contribution in [0.5, 0.6) is 0 Å². The van der Waals surface area contributed by atoms with Crippen molar-refractivity contribution in [2.75, 3.05) is 20.2 Å². The fourth-order valence-corrected chi connectivity index (χ4v) is 5.53. The predicted molar refractivity (Wildman–Crippen MR) is 114 cm³/mol. The third-order valence-corrected chi connectivity index (χ3v) is 7.20. The summed E-state index contributed by atoms with van der Waals surface area (Å²) in [6.45, 7) is 10.0. The van der Waals surface area contributed by atoms with Crippen molar-refractivity contribution in [1.82, 2.24) is 15.5 Å². The smallest absolute Gasteiger partial charge is 0.191 e. The molecule has 5 unspecified atom stereocenters. The normalized spacial score (nSPS) is 35.1. The second kappa shape index (κ2) is 8.03. The number of benzene rings is 1. The molecule has 5 nitrogen and oxygen atoms in total. The number of piperidine rings is 1. The number of nitrogens with one attached hydrogen (secondary N) is 2. The molecule has 2 heterocycles. The van der Waals surface area contributed by atoms with Gasteiger partial charge in [-0.05, 0) is 31.7 Å². The molecule has 0 radical (unpaired) electrons. The van der Waals surface area contributed by atoms with Crippen LogP contribution in [0.3, 0.4) is 0 Å². The van der Waals surface area contributed by atoms with E-state index in [1.54, 1.807) is 0 Å². The quantitative estimate of drug-likeness (QED) is 0.619. The minimum atomic E-state index is 0.172. The van der Waals surface area contributed by atoms with Gasteiger partial charge in [0, 0.05) is 56.2 Å². The van der Waals surface area contributed by atoms with Gasteiger partial charge in [-0.3, -0.25) is 9.89 Å². The molecule has 0 spiro atoms. The van der Waals surface area contributed by atoms with Crippen molar-refractivity contribution in [2.24, 2.45) is 16.3 Å². The standard InChI is InChI=1S/C23H36N4O/c1-16-14-18(10-12-27(16)15-17-8-6-5-7-9-17)25-22(24-4)26-20-19-11-13-28-21(19)23(20,2)3/h5-9,16,18-21H,10-15H2,1-4H3,(H2,24,25,26). The van der Waals surface area contributed by atoms with E-state index in [1.807, 2.05) is 7.05 Å². The van der Waals surface area contributed by atoms with Crippen molar-refractivity contribution in [3.63, 3.8) is 0 Å². The first-order chi connectivity index (χ1) is 13.5. The average molecular weight is 385 g/mol. The maximum Gasteiger partial charge on any atom is 0.191 e. The van der Waals surface area contributed by atoms with E-state index < -0.39 is 0 Å². The largest absolute Gasteiger partial charge is 0.377 e. The summed E-state index contributed by atoms with van der Waals surface area (Å²) >= 11 is 0. The van der Waals surface area contributed by atoms with Gasteiger partial charge in [0.25, 0.3) is 0 Å². The minimum absolute atomic E-state index is 0.172. The highest BCUT2D eigenvalue weighted by atomic mass is 16.5. The Balaban J connectivity index is 1.29. The molecule has 1 aromatic rings. The number of likely N-dealkylation sites (tertiary alicyclic amines) is 1. The average Bonchev–Trinajstić information content (AvgIpc) is 3.15. The van der Waals surface area contributed by atoms with Gasteiger partial charge in [0.15, 0.2) is 5.96 Å². The SMILES string of the molecule is CN=C(NC1CCN(Cc2ccccc2)C(C)C1)NC1C2CCOC2C1(C)C. The second-order valence-corrected chi connectivity index (χ2v) is 9.43. The molecule has 0 bridgehead atoms. The van der Waals surface area contributed by atoms with Crippen LogP contribution in [-0.2, 0) is 11.3 Å². The number of hydrogen-bond acceptors (Lipinski definition) is 3. The molecule has 1 saturated carbocycles. The van der Waals surface area contributed by atoms with Crippen LogP contribution in [0.4, 0.5) is 0 Å². The third kappa shape index (κ3) is 3.79. The molecule has 2 N–H and O–H groups in total. The maximum absolute atomic E-state index is 5.93. The van der Waals surface area contributed by atoms with Gasteiger partial charge in [0.05, 0.1) is 6.10 Å². The van der Waals surface area contributed by atoms with Crippen LogP contribution in [0.1, 0.15) is 45.6 Å². The van der Waals surface area contributed by atoms with Gasteiger partial charge in [-0.1, -0.05) is 44.2 Å². The van der Waals surface area contributed by atoms with Gasteiger partial charge in [-0.15, -0.1) is 0 Å². The molecule has 5 heteroatoms. The molecule has 2 saturated heterocycles. The van der Waals surface area contributed by atoms with Crippen molar-refractivity contribution in [3.05, 3.63) is 35.9 Å². The molecule has 154 valence electrons. The molecule has 28 heavy (non-hydrogen) atoms. The summed E-state index contributed by atoms with van der Waals surface area (Å²) in [5.74, 6) is 1.58. The Morgan fingerprint density at radius 3 is 2.71 bits per heavy atom. The lowest BCUT2D eigenvalue weighted by Gasteiger charge is -2.55. The van der Waals surface area contributed by atoms with Gasteiger partial charge in [-0.25, -0.2) is 0 Å².